The van der Waals surface area contributed by atoms with E-state index in [9.17, 15) is 0 Å². The summed E-state index contributed by atoms with van der Waals surface area (Å²) in [6, 6.07) is 12.6. The molecule has 1 aromatic carbocycles. The maximum atomic E-state index is 6.25. The minimum atomic E-state index is 0.828. The molecular weight excluding hydrogens is 288 g/mol. The first kappa shape index (κ1) is 13.7. The van der Waals surface area contributed by atoms with Crippen molar-refractivity contribution in [1.29, 1.82) is 0 Å². The number of halogens is 1. The summed E-state index contributed by atoms with van der Waals surface area (Å²) in [5.74, 6) is 0. The highest BCUT2D eigenvalue weighted by Gasteiger charge is 2.05. The van der Waals surface area contributed by atoms with Gasteiger partial charge in [-0.15, -0.1) is 11.3 Å². The molecule has 0 fully saturated rings. The fourth-order valence-corrected chi connectivity index (χ4v) is 3.52. The molecule has 4 heteroatoms. The third-order valence-electron chi connectivity index (χ3n) is 3.36. The van der Waals surface area contributed by atoms with Gasteiger partial charge < -0.3 is 9.88 Å². The highest BCUT2D eigenvalue weighted by atomic mass is 35.5. The van der Waals surface area contributed by atoms with E-state index in [0.29, 0.717) is 0 Å². The molecule has 1 N–H and O–H groups in total. The molecule has 0 bridgehead atoms. The third kappa shape index (κ3) is 2.90. The lowest BCUT2D eigenvalue weighted by Crippen LogP contribution is -2.18. The molecule has 0 radical (unpaired) electrons. The fourth-order valence-electron chi connectivity index (χ4n) is 2.38. The van der Waals surface area contributed by atoms with Gasteiger partial charge in [-0.3, -0.25) is 0 Å². The molecule has 2 nitrogen and oxygen atoms in total. The van der Waals surface area contributed by atoms with Crippen molar-refractivity contribution < 1.29 is 0 Å². The molecule has 0 amide bonds. The van der Waals surface area contributed by atoms with Crippen molar-refractivity contribution in [3.63, 3.8) is 0 Å². The molecule has 0 unspecified atom stereocenters. The summed E-state index contributed by atoms with van der Waals surface area (Å²) in [5.41, 5.74) is 1.20. The van der Waals surface area contributed by atoms with Crippen LogP contribution in [0.1, 0.15) is 9.75 Å². The SMILES string of the molecule is Cc1ccc(CNCCn2cc(Cl)c3ccccc32)s1. The number of benzene rings is 1. The van der Waals surface area contributed by atoms with Crippen LogP contribution < -0.4 is 5.32 Å². The molecule has 20 heavy (non-hydrogen) atoms. The Balaban J connectivity index is 1.60. The largest absolute Gasteiger partial charge is 0.345 e. The van der Waals surface area contributed by atoms with Crippen LogP contribution >= 0.6 is 22.9 Å². The van der Waals surface area contributed by atoms with Crippen molar-refractivity contribution in [3.8, 4) is 0 Å². The molecule has 0 aliphatic rings. The van der Waals surface area contributed by atoms with Gasteiger partial charge in [0, 0.05) is 46.5 Å². The Morgan fingerprint density at radius 2 is 2.05 bits per heavy atom. The van der Waals surface area contributed by atoms with Gasteiger partial charge in [-0.25, -0.2) is 0 Å². The number of aromatic nitrogens is 1. The predicted molar refractivity (Wildman–Crippen MR) is 87.7 cm³/mol. The Morgan fingerprint density at radius 1 is 1.20 bits per heavy atom. The van der Waals surface area contributed by atoms with Crippen LogP contribution in [0.3, 0.4) is 0 Å². The van der Waals surface area contributed by atoms with Gasteiger partial charge in [-0.2, -0.15) is 0 Å². The standard InChI is InChI=1S/C16H17ClN2S/c1-12-6-7-13(20-12)10-18-8-9-19-11-15(17)14-4-2-3-5-16(14)19/h2-7,11,18H,8-10H2,1H3. The lowest BCUT2D eigenvalue weighted by Gasteiger charge is -2.06. The van der Waals surface area contributed by atoms with Crippen molar-refractivity contribution in [2.75, 3.05) is 6.54 Å². The van der Waals surface area contributed by atoms with Gasteiger partial charge in [0.1, 0.15) is 0 Å². The Kier molecular flexibility index (Phi) is 4.10. The lowest BCUT2D eigenvalue weighted by atomic mass is 10.2. The van der Waals surface area contributed by atoms with Crippen LogP contribution in [0.15, 0.2) is 42.6 Å². The molecule has 2 heterocycles. The number of hydrogen-bond acceptors (Lipinski definition) is 2. The number of hydrogen-bond donors (Lipinski definition) is 1. The summed E-state index contributed by atoms with van der Waals surface area (Å²) in [5, 5.41) is 5.44. The molecule has 0 atom stereocenters. The lowest BCUT2D eigenvalue weighted by molar-refractivity contribution is 0.613. The zero-order chi connectivity index (χ0) is 13.9. The topological polar surface area (TPSA) is 17.0 Å². The molecule has 0 aliphatic heterocycles. The van der Waals surface area contributed by atoms with E-state index < -0.39 is 0 Å². The first-order valence-electron chi connectivity index (χ1n) is 6.73. The van der Waals surface area contributed by atoms with Crippen LogP contribution in [-0.2, 0) is 13.1 Å². The Bertz CT molecular complexity index is 714. The molecule has 0 aliphatic carbocycles. The zero-order valence-electron chi connectivity index (χ0n) is 11.4. The monoisotopic (exact) mass is 304 g/mol. The van der Waals surface area contributed by atoms with E-state index in [0.717, 1.165) is 30.0 Å². The van der Waals surface area contributed by atoms with Crippen molar-refractivity contribution in [1.82, 2.24) is 9.88 Å². The van der Waals surface area contributed by atoms with Crippen LogP contribution in [0, 0.1) is 6.92 Å². The van der Waals surface area contributed by atoms with E-state index in [4.69, 9.17) is 11.6 Å². The number of thiophene rings is 1. The maximum absolute atomic E-state index is 6.25. The van der Waals surface area contributed by atoms with Gasteiger partial charge in [-0.05, 0) is 25.1 Å². The van der Waals surface area contributed by atoms with E-state index in [-0.39, 0.29) is 0 Å². The van der Waals surface area contributed by atoms with Crippen LogP contribution in [0.5, 0.6) is 0 Å². The first-order chi connectivity index (χ1) is 9.74. The summed E-state index contributed by atoms with van der Waals surface area (Å²) >= 11 is 8.10. The van der Waals surface area contributed by atoms with Gasteiger partial charge in [0.15, 0.2) is 0 Å². The molecule has 0 saturated heterocycles. The number of fused-ring (bicyclic) bond motifs is 1. The second-order valence-electron chi connectivity index (χ2n) is 4.88. The van der Waals surface area contributed by atoms with Crippen molar-refractivity contribution in [3.05, 3.63) is 57.4 Å². The smallest absolute Gasteiger partial charge is 0.0661 e. The van der Waals surface area contributed by atoms with E-state index in [2.05, 4.69) is 47.1 Å². The number of para-hydroxylation sites is 1. The van der Waals surface area contributed by atoms with Gasteiger partial charge in [0.25, 0.3) is 0 Å². The maximum Gasteiger partial charge on any atom is 0.0661 e. The Morgan fingerprint density at radius 3 is 2.85 bits per heavy atom. The molecule has 104 valence electrons. The van der Waals surface area contributed by atoms with E-state index in [1.807, 2.05) is 23.6 Å². The fraction of sp³-hybridized carbons (Fsp3) is 0.250. The minimum absolute atomic E-state index is 0.828. The second-order valence-corrected chi connectivity index (χ2v) is 6.66. The van der Waals surface area contributed by atoms with Crippen LogP contribution in [0.2, 0.25) is 5.02 Å². The first-order valence-corrected chi connectivity index (χ1v) is 7.93. The minimum Gasteiger partial charge on any atom is -0.345 e. The molecule has 3 rings (SSSR count). The van der Waals surface area contributed by atoms with Crippen molar-refractivity contribution >= 4 is 33.8 Å². The number of nitrogens with zero attached hydrogens (tertiary/aromatic N) is 1. The Labute approximate surface area is 128 Å². The zero-order valence-corrected chi connectivity index (χ0v) is 13.0. The summed E-state index contributed by atoms with van der Waals surface area (Å²) in [6.07, 6.45) is 2.02. The van der Waals surface area contributed by atoms with Crippen LogP contribution in [0.4, 0.5) is 0 Å². The van der Waals surface area contributed by atoms with Gasteiger partial charge in [-0.1, -0.05) is 29.8 Å². The summed E-state index contributed by atoms with van der Waals surface area (Å²) < 4.78 is 2.21. The van der Waals surface area contributed by atoms with Gasteiger partial charge >= 0.3 is 0 Å². The summed E-state index contributed by atoms with van der Waals surface area (Å²) in [4.78, 5) is 2.75. The van der Waals surface area contributed by atoms with E-state index in [1.165, 1.54) is 15.3 Å². The third-order valence-corrected chi connectivity index (χ3v) is 4.67. The highest BCUT2D eigenvalue weighted by Crippen LogP contribution is 2.25. The van der Waals surface area contributed by atoms with E-state index in [1.54, 1.807) is 0 Å². The normalized spacial score (nSPS) is 11.3. The van der Waals surface area contributed by atoms with Gasteiger partial charge in [0.2, 0.25) is 0 Å². The highest BCUT2D eigenvalue weighted by molar-refractivity contribution is 7.11. The van der Waals surface area contributed by atoms with E-state index >= 15 is 0 Å². The number of rotatable bonds is 5. The molecule has 0 spiro atoms. The second kappa shape index (κ2) is 6.00. The molecular formula is C16H17ClN2S. The number of nitrogens with one attached hydrogen (secondary N) is 1. The summed E-state index contributed by atoms with van der Waals surface area (Å²) in [6.45, 7) is 4.94. The van der Waals surface area contributed by atoms with Crippen molar-refractivity contribution in [2.45, 2.75) is 20.0 Å². The number of aryl methyl sites for hydroxylation is 1. The average molecular weight is 305 g/mol. The average Bonchev–Trinajstić information content (AvgIpc) is 3.00. The predicted octanol–water partition coefficient (Wildman–Crippen LogP) is 4.45. The molecule has 2 aromatic heterocycles. The molecule has 0 saturated carbocycles. The Hall–Kier alpha value is -1.29. The quantitative estimate of drug-likeness (QED) is 0.689. The van der Waals surface area contributed by atoms with Crippen LogP contribution in [0.25, 0.3) is 10.9 Å². The van der Waals surface area contributed by atoms with Crippen LogP contribution in [-0.4, -0.2) is 11.1 Å². The summed E-state index contributed by atoms with van der Waals surface area (Å²) in [7, 11) is 0. The molecule has 3 aromatic rings. The van der Waals surface area contributed by atoms with Gasteiger partial charge in [0.05, 0.1) is 5.02 Å². The van der Waals surface area contributed by atoms with Crippen molar-refractivity contribution in [2.24, 2.45) is 0 Å².